The lowest BCUT2D eigenvalue weighted by Gasteiger charge is -2.22. The molecule has 8 heteroatoms. The number of benzene rings is 1. The van der Waals surface area contributed by atoms with Gasteiger partial charge in [0.2, 0.25) is 5.91 Å². The summed E-state index contributed by atoms with van der Waals surface area (Å²) in [5, 5.41) is 7.02. The quantitative estimate of drug-likeness (QED) is 0.800. The Kier molecular flexibility index (Phi) is 4.54. The van der Waals surface area contributed by atoms with E-state index in [1.807, 2.05) is 17.5 Å². The van der Waals surface area contributed by atoms with E-state index in [1.165, 1.54) is 36.5 Å². The zero-order chi connectivity index (χ0) is 18.0. The Morgan fingerprint density at radius 3 is 2.72 bits per heavy atom. The first kappa shape index (κ1) is 17.1. The molecule has 0 saturated carbocycles. The summed E-state index contributed by atoms with van der Waals surface area (Å²) < 4.78 is 14.1. The van der Waals surface area contributed by atoms with Gasteiger partial charge in [-0.1, -0.05) is 24.3 Å². The van der Waals surface area contributed by atoms with Crippen LogP contribution in [0.1, 0.15) is 17.4 Å². The molecular formula is C17H16FN3O3S. The van der Waals surface area contributed by atoms with Gasteiger partial charge in [0.05, 0.1) is 6.54 Å². The summed E-state index contributed by atoms with van der Waals surface area (Å²) in [6, 6.07) is 8.75. The molecule has 4 amide bonds. The van der Waals surface area contributed by atoms with Gasteiger partial charge in [-0.25, -0.2) is 9.18 Å². The maximum atomic E-state index is 14.1. The van der Waals surface area contributed by atoms with Crippen LogP contribution in [0.2, 0.25) is 0 Å². The molecule has 2 aromatic rings. The summed E-state index contributed by atoms with van der Waals surface area (Å²) in [6.45, 7) is 1.33. The largest absolute Gasteiger partial charge is 0.350 e. The number of thiophene rings is 1. The van der Waals surface area contributed by atoms with Crippen molar-refractivity contribution in [3.63, 3.8) is 0 Å². The molecule has 1 aliphatic rings. The minimum atomic E-state index is -1.53. The van der Waals surface area contributed by atoms with E-state index >= 15 is 0 Å². The number of halogens is 1. The van der Waals surface area contributed by atoms with Crippen LogP contribution in [0.3, 0.4) is 0 Å². The van der Waals surface area contributed by atoms with Gasteiger partial charge in [0.25, 0.3) is 5.91 Å². The Morgan fingerprint density at radius 2 is 2.04 bits per heavy atom. The monoisotopic (exact) mass is 361 g/mol. The van der Waals surface area contributed by atoms with Gasteiger partial charge in [0.15, 0.2) is 0 Å². The molecule has 0 aliphatic carbocycles. The zero-order valence-corrected chi connectivity index (χ0v) is 14.2. The smallest absolute Gasteiger partial charge is 0.325 e. The first-order chi connectivity index (χ1) is 11.9. The molecule has 0 unspecified atom stereocenters. The fourth-order valence-electron chi connectivity index (χ4n) is 2.69. The molecular weight excluding hydrogens is 345 g/mol. The summed E-state index contributed by atoms with van der Waals surface area (Å²) in [4.78, 5) is 38.6. The molecule has 25 heavy (non-hydrogen) atoms. The molecule has 2 N–H and O–H groups in total. The molecule has 2 heterocycles. The normalized spacial score (nSPS) is 19.8. The van der Waals surface area contributed by atoms with Gasteiger partial charge >= 0.3 is 6.03 Å². The van der Waals surface area contributed by atoms with E-state index in [0.717, 1.165) is 9.78 Å². The van der Waals surface area contributed by atoms with Crippen molar-refractivity contribution in [3.8, 4) is 0 Å². The highest BCUT2D eigenvalue weighted by Gasteiger charge is 2.50. The van der Waals surface area contributed by atoms with Crippen LogP contribution < -0.4 is 10.6 Å². The molecule has 1 aliphatic heterocycles. The molecule has 3 rings (SSSR count). The van der Waals surface area contributed by atoms with Crippen LogP contribution in [0.15, 0.2) is 41.8 Å². The van der Waals surface area contributed by atoms with Crippen molar-refractivity contribution in [3.05, 3.63) is 58.0 Å². The van der Waals surface area contributed by atoms with Crippen molar-refractivity contribution < 1.29 is 18.8 Å². The lowest BCUT2D eigenvalue weighted by Crippen LogP contribution is -2.43. The third kappa shape index (κ3) is 3.25. The molecule has 1 aromatic heterocycles. The number of nitrogens with zero attached hydrogens (tertiary/aromatic N) is 1. The number of carbonyl (C=O) groups is 3. The Morgan fingerprint density at radius 1 is 1.28 bits per heavy atom. The number of urea groups is 1. The van der Waals surface area contributed by atoms with Crippen LogP contribution in [-0.4, -0.2) is 29.3 Å². The number of carbonyl (C=O) groups excluding carboxylic acids is 3. The number of nitrogens with one attached hydrogen (secondary N) is 2. The van der Waals surface area contributed by atoms with Crippen molar-refractivity contribution in [2.75, 3.05) is 6.54 Å². The Bertz CT molecular complexity index is 824. The fourth-order valence-corrected chi connectivity index (χ4v) is 3.33. The van der Waals surface area contributed by atoms with E-state index in [9.17, 15) is 18.8 Å². The zero-order valence-electron chi connectivity index (χ0n) is 13.4. The van der Waals surface area contributed by atoms with Crippen molar-refractivity contribution in [2.45, 2.75) is 19.0 Å². The minimum absolute atomic E-state index is 0.0647. The SMILES string of the molecule is C[C@@]1(c2ccccc2F)NC(=O)N(CC(=O)NCc2cccs2)C1=O. The average molecular weight is 361 g/mol. The number of amides is 4. The molecule has 1 fully saturated rings. The number of imide groups is 1. The van der Waals surface area contributed by atoms with Crippen molar-refractivity contribution in [2.24, 2.45) is 0 Å². The van der Waals surface area contributed by atoms with Gasteiger partial charge in [-0.2, -0.15) is 0 Å². The Hall–Kier alpha value is -2.74. The minimum Gasteiger partial charge on any atom is -0.350 e. The number of hydrogen-bond acceptors (Lipinski definition) is 4. The van der Waals surface area contributed by atoms with E-state index in [0.29, 0.717) is 6.54 Å². The predicted octanol–water partition coefficient (Wildman–Crippen LogP) is 1.97. The summed E-state index contributed by atoms with van der Waals surface area (Å²) in [5.41, 5.74) is -1.47. The van der Waals surface area contributed by atoms with Gasteiger partial charge in [0.1, 0.15) is 17.9 Å². The molecule has 1 atom stereocenters. The van der Waals surface area contributed by atoms with Gasteiger partial charge in [-0.15, -0.1) is 11.3 Å². The number of hydrogen-bond donors (Lipinski definition) is 2. The average Bonchev–Trinajstić information content (AvgIpc) is 3.17. The maximum Gasteiger partial charge on any atom is 0.325 e. The van der Waals surface area contributed by atoms with Crippen LogP contribution in [0.5, 0.6) is 0 Å². The Labute approximate surface area is 147 Å². The van der Waals surface area contributed by atoms with E-state index in [4.69, 9.17) is 0 Å². The molecule has 0 spiro atoms. The third-order valence-electron chi connectivity index (χ3n) is 4.03. The highest BCUT2D eigenvalue weighted by molar-refractivity contribution is 7.09. The van der Waals surface area contributed by atoms with Gasteiger partial charge in [0, 0.05) is 10.4 Å². The standard InChI is InChI=1S/C17H16FN3O3S/c1-17(12-6-2-3-7-13(12)18)15(23)21(16(24)20-17)10-14(22)19-9-11-5-4-8-25-11/h2-8H,9-10H2,1H3,(H,19,22)(H,20,24)/t17-/m0/s1. The second kappa shape index (κ2) is 6.64. The Balaban J connectivity index is 1.71. The van der Waals surface area contributed by atoms with Gasteiger partial charge in [-0.3, -0.25) is 14.5 Å². The van der Waals surface area contributed by atoms with E-state index in [1.54, 1.807) is 6.07 Å². The molecule has 1 aromatic carbocycles. The third-order valence-corrected chi connectivity index (χ3v) is 4.91. The highest BCUT2D eigenvalue weighted by atomic mass is 32.1. The van der Waals surface area contributed by atoms with Crippen LogP contribution in [0.25, 0.3) is 0 Å². The maximum absolute atomic E-state index is 14.1. The van der Waals surface area contributed by atoms with Crippen molar-refractivity contribution in [1.82, 2.24) is 15.5 Å². The number of rotatable bonds is 5. The van der Waals surface area contributed by atoms with Gasteiger partial charge < -0.3 is 10.6 Å². The molecule has 6 nitrogen and oxygen atoms in total. The molecule has 0 bridgehead atoms. The second-order valence-corrected chi connectivity index (χ2v) is 6.81. The van der Waals surface area contributed by atoms with Crippen LogP contribution in [0.4, 0.5) is 9.18 Å². The second-order valence-electron chi connectivity index (χ2n) is 5.78. The summed E-state index contributed by atoms with van der Waals surface area (Å²) >= 11 is 1.49. The molecule has 130 valence electrons. The van der Waals surface area contributed by atoms with Crippen LogP contribution in [-0.2, 0) is 21.7 Å². The fraction of sp³-hybridized carbons (Fsp3) is 0.235. The van der Waals surface area contributed by atoms with Crippen molar-refractivity contribution >= 4 is 29.2 Å². The summed E-state index contributed by atoms with van der Waals surface area (Å²) in [6.07, 6.45) is 0. The van der Waals surface area contributed by atoms with E-state index in [-0.39, 0.29) is 5.56 Å². The topological polar surface area (TPSA) is 78.5 Å². The molecule has 0 radical (unpaired) electrons. The highest BCUT2D eigenvalue weighted by Crippen LogP contribution is 2.30. The summed E-state index contributed by atoms with van der Waals surface area (Å²) in [5.74, 6) is -1.72. The molecule has 1 saturated heterocycles. The van der Waals surface area contributed by atoms with Crippen LogP contribution in [0, 0.1) is 5.82 Å². The first-order valence-electron chi connectivity index (χ1n) is 7.60. The van der Waals surface area contributed by atoms with Gasteiger partial charge in [-0.05, 0) is 24.4 Å². The lowest BCUT2D eigenvalue weighted by molar-refractivity contribution is -0.134. The summed E-state index contributed by atoms with van der Waals surface area (Å²) in [7, 11) is 0. The van der Waals surface area contributed by atoms with Crippen molar-refractivity contribution in [1.29, 1.82) is 0 Å². The predicted molar refractivity (Wildman–Crippen MR) is 90.2 cm³/mol. The lowest BCUT2D eigenvalue weighted by atomic mass is 9.91. The first-order valence-corrected chi connectivity index (χ1v) is 8.48. The van der Waals surface area contributed by atoms with E-state index < -0.39 is 35.7 Å². The van der Waals surface area contributed by atoms with Crippen LogP contribution >= 0.6 is 11.3 Å². The van der Waals surface area contributed by atoms with E-state index in [2.05, 4.69) is 10.6 Å².